The standard InChI is InChI=1S/C22H25Cl2F4N3O3S/c1-21(15-5-8-17(23)18(24)13-15,9-10-29-11-12-30-35(2,33)34)20(32)31-19(22(26,27)28)14-3-6-16(25)7-4-14/h3-8,13,19,29-30H,9-12H2,1-2H3,(H,31,32). The topological polar surface area (TPSA) is 87.3 Å². The van der Waals surface area contributed by atoms with Gasteiger partial charge in [-0.3, -0.25) is 4.79 Å². The molecular formula is C22H25Cl2F4N3O3S. The summed E-state index contributed by atoms with van der Waals surface area (Å²) in [5.74, 6) is -1.64. The fourth-order valence-electron chi connectivity index (χ4n) is 3.32. The fraction of sp³-hybridized carbons (Fsp3) is 0.409. The maximum Gasteiger partial charge on any atom is 0.412 e. The van der Waals surface area contributed by atoms with E-state index in [-0.39, 0.29) is 41.7 Å². The van der Waals surface area contributed by atoms with Crippen molar-refractivity contribution in [2.75, 3.05) is 25.9 Å². The molecule has 2 unspecified atom stereocenters. The first-order chi connectivity index (χ1) is 16.1. The second-order valence-corrected chi connectivity index (χ2v) is 10.8. The van der Waals surface area contributed by atoms with Gasteiger partial charge in [-0.2, -0.15) is 13.2 Å². The van der Waals surface area contributed by atoms with Crippen LogP contribution in [-0.2, 0) is 20.2 Å². The highest BCUT2D eigenvalue weighted by Gasteiger charge is 2.45. The molecule has 2 aromatic rings. The van der Waals surface area contributed by atoms with E-state index >= 15 is 0 Å². The molecule has 2 aromatic carbocycles. The van der Waals surface area contributed by atoms with Crippen LogP contribution in [0, 0.1) is 5.82 Å². The summed E-state index contributed by atoms with van der Waals surface area (Å²) in [7, 11) is -3.37. The number of carbonyl (C=O) groups is 1. The first-order valence-corrected chi connectivity index (χ1v) is 13.0. The Hall–Kier alpha value is -1.92. The number of benzene rings is 2. The maximum absolute atomic E-state index is 13.8. The van der Waals surface area contributed by atoms with E-state index in [1.165, 1.54) is 25.1 Å². The number of sulfonamides is 1. The van der Waals surface area contributed by atoms with Crippen molar-refractivity contribution < 1.29 is 30.8 Å². The van der Waals surface area contributed by atoms with Crippen molar-refractivity contribution >= 4 is 39.1 Å². The number of nitrogens with one attached hydrogen (secondary N) is 3. The van der Waals surface area contributed by atoms with Gasteiger partial charge in [0.15, 0.2) is 6.04 Å². The minimum Gasteiger partial charge on any atom is -0.340 e. The van der Waals surface area contributed by atoms with Gasteiger partial charge in [-0.15, -0.1) is 0 Å². The average Bonchev–Trinajstić information content (AvgIpc) is 2.75. The molecule has 6 nitrogen and oxygen atoms in total. The van der Waals surface area contributed by atoms with Gasteiger partial charge < -0.3 is 10.6 Å². The lowest BCUT2D eigenvalue weighted by molar-refractivity contribution is -0.165. The Labute approximate surface area is 211 Å². The van der Waals surface area contributed by atoms with Gasteiger partial charge in [0, 0.05) is 13.1 Å². The Bertz CT molecular complexity index is 1130. The molecular weight excluding hydrogens is 533 g/mol. The van der Waals surface area contributed by atoms with Crippen LogP contribution in [0.15, 0.2) is 42.5 Å². The fourth-order valence-corrected chi connectivity index (χ4v) is 4.09. The first-order valence-electron chi connectivity index (χ1n) is 10.4. The highest BCUT2D eigenvalue weighted by molar-refractivity contribution is 7.88. The lowest BCUT2D eigenvalue weighted by Crippen LogP contribution is -2.48. The molecule has 0 aliphatic rings. The third-order valence-electron chi connectivity index (χ3n) is 5.33. The summed E-state index contributed by atoms with van der Waals surface area (Å²) in [5, 5.41) is 5.35. The van der Waals surface area contributed by atoms with Crippen molar-refractivity contribution in [3.05, 3.63) is 69.5 Å². The second-order valence-electron chi connectivity index (χ2n) is 8.13. The number of hydrogen-bond acceptors (Lipinski definition) is 4. The Morgan fingerprint density at radius 3 is 2.17 bits per heavy atom. The van der Waals surface area contributed by atoms with E-state index in [4.69, 9.17) is 23.2 Å². The van der Waals surface area contributed by atoms with Gasteiger partial charge in [0.05, 0.1) is 21.7 Å². The molecule has 0 aromatic heterocycles. The van der Waals surface area contributed by atoms with Crippen LogP contribution in [0.2, 0.25) is 10.0 Å². The highest BCUT2D eigenvalue weighted by atomic mass is 35.5. The minimum atomic E-state index is -4.85. The molecule has 3 N–H and O–H groups in total. The zero-order valence-electron chi connectivity index (χ0n) is 18.8. The summed E-state index contributed by atoms with van der Waals surface area (Å²) in [6.45, 7) is 1.96. The molecule has 0 spiro atoms. The van der Waals surface area contributed by atoms with Crippen LogP contribution in [0.5, 0.6) is 0 Å². The number of rotatable bonds is 11. The number of hydrogen-bond donors (Lipinski definition) is 3. The van der Waals surface area contributed by atoms with Crippen molar-refractivity contribution in [3.63, 3.8) is 0 Å². The molecule has 0 fully saturated rings. The molecule has 194 valence electrons. The Balaban J connectivity index is 2.29. The molecule has 0 saturated heterocycles. The van der Waals surface area contributed by atoms with Crippen LogP contribution >= 0.6 is 23.2 Å². The summed E-state index contributed by atoms with van der Waals surface area (Å²) in [4.78, 5) is 13.3. The Morgan fingerprint density at radius 2 is 1.63 bits per heavy atom. The first kappa shape index (κ1) is 29.3. The summed E-state index contributed by atoms with van der Waals surface area (Å²) in [6.07, 6.45) is -3.79. The molecule has 2 rings (SSSR count). The van der Waals surface area contributed by atoms with E-state index in [9.17, 15) is 30.8 Å². The molecule has 1 amide bonds. The molecule has 0 saturated carbocycles. The number of halogens is 6. The van der Waals surface area contributed by atoms with Crippen LogP contribution in [0.1, 0.15) is 30.5 Å². The van der Waals surface area contributed by atoms with Gasteiger partial charge in [0.25, 0.3) is 0 Å². The van der Waals surface area contributed by atoms with E-state index in [0.717, 1.165) is 30.5 Å². The predicted octanol–water partition coefficient (Wildman–Crippen LogP) is 4.34. The Kier molecular flexibility index (Phi) is 9.95. The second kappa shape index (κ2) is 11.9. The quantitative estimate of drug-likeness (QED) is 0.283. The van der Waals surface area contributed by atoms with E-state index in [1.54, 1.807) is 0 Å². The third-order valence-corrected chi connectivity index (χ3v) is 6.80. The van der Waals surface area contributed by atoms with Gasteiger partial charge in [-0.05, 0) is 55.3 Å². The number of amides is 1. The van der Waals surface area contributed by atoms with Crippen LogP contribution in [0.3, 0.4) is 0 Å². The number of alkyl halides is 3. The summed E-state index contributed by atoms with van der Waals surface area (Å²) < 4.78 is 79.4. The van der Waals surface area contributed by atoms with Crippen LogP contribution < -0.4 is 15.4 Å². The summed E-state index contributed by atoms with van der Waals surface area (Å²) in [5.41, 5.74) is -1.47. The normalized spacial score (nSPS) is 14.9. The average molecular weight is 558 g/mol. The molecule has 0 bridgehead atoms. The van der Waals surface area contributed by atoms with Crippen molar-refractivity contribution in [1.82, 2.24) is 15.4 Å². The largest absolute Gasteiger partial charge is 0.412 e. The third kappa shape index (κ3) is 8.60. The monoisotopic (exact) mass is 557 g/mol. The van der Waals surface area contributed by atoms with Gasteiger partial charge in [0.2, 0.25) is 15.9 Å². The zero-order valence-corrected chi connectivity index (χ0v) is 21.2. The predicted molar refractivity (Wildman–Crippen MR) is 127 cm³/mol. The van der Waals surface area contributed by atoms with Crippen molar-refractivity contribution in [3.8, 4) is 0 Å². The maximum atomic E-state index is 13.8. The van der Waals surface area contributed by atoms with Crippen LogP contribution in [0.4, 0.5) is 17.6 Å². The molecule has 35 heavy (non-hydrogen) atoms. The van der Waals surface area contributed by atoms with E-state index in [2.05, 4.69) is 15.4 Å². The summed E-state index contributed by atoms with van der Waals surface area (Å²) in [6, 6.07) is 5.66. The summed E-state index contributed by atoms with van der Waals surface area (Å²) >= 11 is 12.1. The van der Waals surface area contributed by atoms with Gasteiger partial charge >= 0.3 is 6.18 Å². The van der Waals surface area contributed by atoms with Crippen molar-refractivity contribution in [1.29, 1.82) is 0 Å². The lowest BCUT2D eigenvalue weighted by atomic mass is 9.78. The highest BCUT2D eigenvalue weighted by Crippen LogP contribution is 2.37. The molecule has 13 heteroatoms. The smallest absolute Gasteiger partial charge is 0.340 e. The lowest BCUT2D eigenvalue weighted by Gasteiger charge is -2.32. The Morgan fingerprint density at radius 1 is 1.00 bits per heavy atom. The molecule has 0 heterocycles. The van der Waals surface area contributed by atoms with E-state index < -0.39 is 39.4 Å². The van der Waals surface area contributed by atoms with Gasteiger partial charge in [-0.1, -0.05) is 41.4 Å². The molecule has 0 aliphatic carbocycles. The van der Waals surface area contributed by atoms with Crippen LogP contribution in [-0.4, -0.2) is 46.4 Å². The van der Waals surface area contributed by atoms with Crippen LogP contribution in [0.25, 0.3) is 0 Å². The molecule has 2 atom stereocenters. The molecule has 0 aliphatic heterocycles. The molecule has 0 radical (unpaired) electrons. The number of carbonyl (C=O) groups excluding carboxylic acids is 1. The van der Waals surface area contributed by atoms with Crippen molar-refractivity contribution in [2.45, 2.75) is 31.0 Å². The van der Waals surface area contributed by atoms with Crippen molar-refractivity contribution in [2.24, 2.45) is 0 Å². The van der Waals surface area contributed by atoms with E-state index in [1.807, 2.05) is 0 Å². The zero-order chi connectivity index (χ0) is 26.4. The SMILES string of the molecule is CC(CCNCCNS(C)(=O)=O)(C(=O)NC(c1ccc(F)cc1)C(F)(F)F)c1ccc(Cl)c(Cl)c1. The van der Waals surface area contributed by atoms with Gasteiger partial charge in [0.1, 0.15) is 5.82 Å². The van der Waals surface area contributed by atoms with E-state index in [0.29, 0.717) is 5.56 Å². The van der Waals surface area contributed by atoms with Gasteiger partial charge in [-0.25, -0.2) is 17.5 Å². The minimum absolute atomic E-state index is 0.0453.